The van der Waals surface area contributed by atoms with E-state index < -0.39 is 6.36 Å². The normalized spacial score (nSPS) is 14.3. The van der Waals surface area contributed by atoms with E-state index in [0.29, 0.717) is 24.4 Å². The van der Waals surface area contributed by atoms with Crippen LogP contribution in [0.15, 0.2) is 73.1 Å². The summed E-state index contributed by atoms with van der Waals surface area (Å²) in [6, 6.07) is 18.6. The van der Waals surface area contributed by atoms with E-state index in [-0.39, 0.29) is 22.9 Å². The summed E-state index contributed by atoms with van der Waals surface area (Å²) < 4.78 is 42.6. The van der Waals surface area contributed by atoms with E-state index >= 15 is 0 Å². The number of anilines is 1. The predicted molar refractivity (Wildman–Crippen MR) is 148 cm³/mol. The van der Waals surface area contributed by atoms with Gasteiger partial charge in [0.2, 0.25) is 0 Å². The van der Waals surface area contributed by atoms with Crippen LogP contribution in [0.4, 0.5) is 23.7 Å². The molecule has 40 heavy (non-hydrogen) atoms. The van der Waals surface area contributed by atoms with Crippen molar-refractivity contribution in [3.05, 3.63) is 89.7 Å². The number of rotatable bonds is 6. The molecule has 0 saturated carbocycles. The number of urea groups is 1. The number of carbonyl (C=O) groups excluding carboxylic acids is 1. The molecule has 1 heterocycles. The number of aromatic nitrogens is 3. The molecule has 0 spiro atoms. The first kappa shape index (κ1) is 27.1. The minimum absolute atomic E-state index is 0.0982. The minimum Gasteiger partial charge on any atom is -0.406 e. The van der Waals surface area contributed by atoms with Gasteiger partial charge < -0.3 is 15.4 Å². The Morgan fingerprint density at radius 1 is 1.07 bits per heavy atom. The quantitative estimate of drug-likeness (QED) is 0.265. The number of ether oxygens (including phenoxy) is 1. The van der Waals surface area contributed by atoms with Gasteiger partial charge in [-0.1, -0.05) is 37.3 Å². The maximum atomic E-state index is 12.6. The van der Waals surface area contributed by atoms with Gasteiger partial charge in [-0.05, 0) is 84.6 Å². The van der Waals surface area contributed by atoms with Crippen LogP contribution in [0.5, 0.6) is 5.75 Å². The topological polar surface area (TPSA) is 93.1 Å². The molecule has 0 fully saturated rings. The predicted octanol–water partition coefficient (Wildman–Crippen LogP) is 5.56. The highest BCUT2D eigenvalue weighted by molar-refractivity contribution is 7.80. The maximum absolute atomic E-state index is 12.6. The Morgan fingerprint density at radius 2 is 1.82 bits per heavy atom. The van der Waals surface area contributed by atoms with E-state index in [0.717, 1.165) is 34.4 Å². The molecule has 4 aromatic rings. The smallest absolute Gasteiger partial charge is 0.406 e. The van der Waals surface area contributed by atoms with Crippen LogP contribution in [0.3, 0.4) is 0 Å². The van der Waals surface area contributed by atoms with Crippen molar-refractivity contribution in [2.75, 3.05) is 5.32 Å². The van der Waals surface area contributed by atoms with Crippen LogP contribution in [0.2, 0.25) is 0 Å². The van der Waals surface area contributed by atoms with Crippen molar-refractivity contribution in [2.24, 2.45) is 0 Å². The van der Waals surface area contributed by atoms with Gasteiger partial charge >= 0.3 is 12.4 Å². The van der Waals surface area contributed by atoms with Gasteiger partial charge in [-0.25, -0.2) is 14.5 Å². The number of aryl methyl sites for hydroxylation is 1. The zero-order chi connectivity index (χ0) is 28.3. The van der Waals surface area contributed by atoms with Gasteiger partial charge in [-0.2, -0.15) is 0 Å². The first-order valence-corrected chi connectivity index (χ1v) is 12.9. The van der Waals surface area contributed by atoms with Crippen molar-refractivity contribution in [2.45, 2.75) is 38.6 Å². The van der Waals surface area contributed by atoms with Crippen molar-refractivity contribution in [1.29, 1.82) is 0 Å². The number of thiocarbonyl (C=S) groups is 1. The Kier molecular flexibility index (Phi) is 7.69. The second-order valence-electron chi connectivity index (χ2n) is 9.21. The molecular formula is C28H25F3N6O2S. The molecule has 1 unspecified atom stereocenters. The first-order chi connectivity index (χ1) is 19.2. The zero-order valence-electron chi connectivity index (χ0n) is 21.3. The average molecular weight is 567 g/mol. The molecule has 2 amide bonds. The highest BCUT2D eigenvalue weighted by atomic mass is 32.1. The molecule has 12 heteroatoms. The van der Waals surface area contributed by atoms with E-state index in [4.69, 9.17) is 12.2 Å². The van der Waals surface area contributed by atoms with Crippen molar-refractivity contribution in [1.82, 2.24) is 25.4 Å². The summed E-state index contributed by atoms with van der Waals surface area (Å²) >= 11 is 5.32. The molecule has 8 nitrogen and oxygen atoms in total. The summed E-state index contributed by atoms with van der Waals surface area (Å²) in [5, 5.41) is 13.4. The Labute approximate surface area is 233 Å². The van der Waals surface area contributed by atoms with E-state index in [1.165, 1.54) is 35.3 Å². The van der Waals surface area contributed by atoms with Crippen LogP contribution in [0.25, 0.3) is 17.1 Å². The molecule has 5 rings (SSSR count). The number of benzene rings is 3. The van der Waals surface area contributed by atoms with Crippen LogP contribution in [0.1, 0.15) is 23.6 Å². The summed E-state index contributed by atoms with van der Waals surface area (Å²) in [4.78, 5) is 16.9. The maximum Gasteiger partial charge on any atom is 0.573 e. The molecular weight excluding hydrogens is 541 g/mol. The molecule has 1 aliphatic carbocycles. The van der Waals surface area contributed by atoms with Crippen molar-refractivity contribution >= 4 is 29.0 Å². The van der Waals surface area contributed by atoms with Crippen molar-refractivity contribution in [3.63, 3.8) is 0 Å². The summed E-state index contributed by atoms with van der Waals surface area (Å²) in [7, 11) is 0. The molecule has 3 aromatic carbocycles. The molecule has 0 aliphatic heterocycles. The number of fused-ring (bicyclic) bond motifs is 1. The third kappa shape index (κ3) is 6.57. The summed E-state index contributed by atoms with van der Waals surface area (Å²) in [5.41, 5.74) is 5.48. The van der Waals surface area contributed by atoms with E-state index in [1.807, 2.05) is 49.4 Å². The summed E-state index contributed by atoms with van der Waals surface area (Å²) in [5.74, 6) is 0.156. The number of hydrogen-bond acceptors (Lipinski definition) is 5. The largest absolute Gasteiger partial charge is 0.573 e. The van der Waals surface area contributed by atoms with Crippen molar-refractivity contribution in [3.8, 4) is 22.8 Å². The standard InChI is InChI=1S/C28H25F3N6O2S/c1-2-17-5-3-4-6-24(17)34-27(40)35-26(38)33-21-14-18-7-8-19(13-20(18)15-21)25-32-16-37(36-25)22-9-11-23(12-10-22)39-28(29,30)31/h3-13,16,21H,2,14-15H2,1H3,(H3,33,34,35,38,40). The van der Waals surface area contributed by atoms with Gasteiger partial charge in [0.15, 0.2) is 10.9 Å². The van der Waals surface area contributed by atoms with Crippen LogP contribution in [-0.2, 0) is 19.3 Å². The van der Waals surface area contributed by atoms with E-state index in [1.54, 1.807) is 0 Å². The third-order valence-electron chi connectivity index (χ3n) is 6.43. The molecule has 0 radical (unpaired) electrons. The number of para-hydroxylation sites is 1. The lowest BCUT2D eigenvalue weighted by Crippen LogP contribution is -2.46. The number of amides is 2. The molecule has 1 atom stereocenters. The Balaban J connectivity index is 1.18. The first-order valence-electron chi connectivity index (χ1n) is 12.5. The average Bonchev–Trinajstić information content (AvgIpc) is 3.55. The lowest BCUT2D eigenvalue weighted by Gasteiger charge is -2.15. The fraction of sp³-hybridized carbons (Fsp3) is 0.214. The monoisotopic (exact) mass is 566 g/mol. The highest BCUT2D eigenvalue weighted by Crippen LogP contribution is 2.28. The van der Waals surface area contributed by atoms with Gasteiger partial charge in [0.25, 0.3) is 0 Å². The van der Waals surface area contributed by atoms with Crippen molar-refractivity contribution < 1.29 is 22.7 Å². The number of alkyl halides is 3. The number of carbonyl (C=O) groups is 1. The van der Waals surface area contributed by atoms with E-state index in [2.05, 4.69) is 30.8 Å². The second kappa shape index (κ2) is 11.3. The van der Waals surface area contributed by atoms with Crippen LogP contribution in [0, 0.1) is 0 Å². The SMILES string of the molecule is CCc1ccccc1NC(=S)NC(=O)NC1Cc2ccc(-c3ncn(-c4ccc(OC(F)(F)F)cc4)n3)cc2C1. The molecule has 1 aliphatic rings. The lowest BCUT2D eigenvalue weighted by molar-refractivity contribution is -0.274. The van der Waals surface area contributed by atoms with E-state index in [9.17, 15) is 18.0 Å². The van der Waals surface area contributed by atoms with Gasteiger partial charge in [0.05, 0.1) is 5.69 Å². The van der Waals surface area contributed by atoms with Gasteiger partial charge in [-0.15, -0.1) is 18.3 Å². The fourth-order valence-electron chi connectivity index (χ4n) is 4.61. The Morgan fingerprint density at radius 3 is 2.58 bits per heavy atom. The van der Waals surface area contributed by atoms with Crippen LogP contribution >= 0.6 is 12.2 Å². The lowest BCUT2D eigenvalue weighted by atomic mass is 10.1. The second-order valence-corrected chi connectivity index (χ2v) is 9.61. The molecule has 0 bridgehead atoms. The molecule has 1 aromatic heterocycles. The number of hydrogen-bond donors (Lipinski definition) is 3. The Bertz CT molecular complexity index is 1540. The van der Waals surface area contributed by atoms with Crippen LogP contribution < -0.4 is 20.7 Å². The number of nitrogens with zero attached hydrogens (tertiary/aromatic N) is 3. The van der Waals surface area contributed by atoms with Gasteiger partial charge in [-0.3, -0.25) is 5.32 Å². The summed E-state index contributed by atoms with van der Waals surface area (Å²) in [6.45, 7) is 2.05. The number of nitrogens with one attached hydrogen (secondary N) is 3. The minimum atomic E-state index is -4.75. The molecule has 0 saturated heterocycles. The van der Waals surface area contributed by atoms with Crippen LogP contribution in [-0.4, -0.2) is 38.3 Å². The zero-order valence-corrected chi connectivity index (χ0v) is 22.1. The molecule has 3 N–H and O–H groups in total. The summed E-state index contributed by atoms with van der Waals surface area (Å²) in [6.07, 6.45) is -1.11. The highest BCUT2D eigenvalue weighted by Gasteiger charge is 2.31. The van der Waals surface area contributed by atoms with Gasteiger partial charge in [0.1, 0.15) is 12.1 Å². The van der Waals surface area contributed by atoms with Gasteiger partial charge in [0, 0.05) is 17.3 Å². The Hall–Kier alpha value is -4.45. The number of halogens is 3. The third-order valence-corrected chi connectivity index (χ3v) is 6.64. The molecule has 206 valence electrons. The fourth-order valence-corrected chi connectivity index (χ4v) is 4.81.